The first-order chi connectivity index (χ1) is 21.0. The van der Waals surface area contributed by atoms with Gasteiger partial charge in [-0.3, -0.25) is 19.5 Å². The molecule has 0 spiro atoms. The third-order valence-corrected chi connectivity index (χ3v) is 8.11. The minimum absolute atomic E-state index is 0.0548. The second-order valence-corrected chi connectivity index (χ2v) is 11.6. The van der Waals surface area contributed by atoms with Crippen LogP contribution in [-0.2, 0) is 22.6 Å². The van der Waals surface area contributed by atoms with Gasteiger partial charge >= 0.3 is 0 Å². The molecule has 3 aromatic rings. The molecule has 2 amide bonds. The normalized spacial score (nSPS) is 18.5. The van der Waals surface area contributed by atoms with Gasteiger partial charge in [-0.1, -0.05) is 30.3 Å². The van der Waals surface area contributed by atoms with Crippen LogP contribution in [-0.4, -0.2) is 63.9 Å². The van der Waals surface area contributed by atoms with Gasteiger partial charge < -0.3 is 19.7 Å². The molecule has 1 saturated heterocycles. The quantitative estimate of drug-likeness (QED) is 0.394. The highest BCUT2D eigenvalue weighted by Gasteiger charge is 2.31. The second kappa shape index (κ2) is 15.0. The van der Waals surface area contributed by atoms with Crippen molar-refractivity contribution >= 4 is 11.8 Å². The van der Waals surface area contributed by atoms with E-state index in [4.69, 9.17) is 14.5 Å². The minimum atomic E-state index is -0.112. The number of nitrogens with zero attached hydrogens (tertiary/aromatic N) is 4. The van der Waals surface area contributed by atoms with E-state index in [-0.39, 0.29) is 23.9 Å². The molecule has 228 valence electrons. The Bertz CT molecular complexity index is 1370. The van der Waals surface area contributed by atoms with Crippen LogP contribution in [0.3, 0.4) is 0 Å². The van der Waals surface area contributed by atoms with E-state index in [1.165, 1.54) is 0 Å². The smallest absolute Gasteiger partial charge is 0.238 e. The number of ether oxygens (including phenoxy) is 2. The van der Waals surface area contributed by atoms with Crippen LogP contribution >= 0.6 is 0 Å². The van der Waals surface area contributed by atoms with Gasteiger partial charge in [-0.05, 0) is 76.1 Å². The standard InChI is InChI=1S/C34H43N5O4/c1-25(2)38-23-27-20-26(13-15-31(27)42-19-8-4-7-17-36-32(40)24-38)14-16-34(41)39-18-9-12-30(39)29-21-35-22-33(37-29)43-28-10-5-3-6-11-28/h3,5-6,10-11,13,15,20-22,25,30H,4,7-9,12,14,16-19,23-24H2,1-2H3,(H,36,40). The topological polar surface area (TPSA) is 96.9 Å². The zero-order valence-electron chi connectivity index (χ0n) is 25.3. The van der Waals surface area contributed by atoms with Gasteiger partial charge in [0, 0.05) is 37.7 Å². The summed E-state index contributed by atoms with van der Waals surface area (Å²) in [5.74, 6) is 2.14. The van der Waals surface area contributed by atoms with Crippen LogP contribution in [0.15, 0.2) is 60.9 Å². The SMILES string of the molecule is CC(C)N1CC(=O)NCCCCCOc2ccc(CCC(=O)N3CCCC3c3cncc(Oc4ccccc4)n3)cc2C1. The molecule has 0 saturated carbocycles. The molecule has 9 nitrogen and oxygen atoms in total. The number of amides is 2. The summed E-state index contributed by atoms with van der Waals surface area (Å²) in [4.78, 5) is 39.2. The number of aryl methyl sites for hydroxylation is 1. The highest BCUT2D eigenvalue weighted by Crippen LogP contribution is 2.33. The predicted molar refractivity (Wildman–Crippen MR) is 165 cm³/mol. The molecule has 0 aliphatic carbocycles. The van der Waals surface area contributed by atoms with Crippen molar-refractivity contribution in [3.05, 3.63) is 77.7 Å². The van der Waals surface area contributed by atoms with E-state index in [0.29, 0.717) is 57.3 Å². The lowest BCUT2D eigenvalue weighted by atomic mass is 10.0. The van der Waals surface area contributed by atoms with Crippen LogP contribution in [0.1, 0.15) is 75.2 Å². The summed E-state index contributed by atoms with van der Waals surface area (Å²) >= 11 is 0. The molecule has 2 aliphatic rings. The Kier molecular flexibility index (Phi) is 10.6. The Morgan fingerprint density at radius 1 is 1.07 bits per heavy atom. The van der Waals surface area contributed by atoms with Crippen molar-refractivity contribution in [2.45, 2.75) is 77.4 Å². The highest BCUT2D eigenvalue weighted by molar-refractivity contribution is 5.78. The van der Waals surface area contributed by atoms with E-state index in [1.54, 1.807) is 12.4 Å². The van der Waals surface area contributed by atoms with E-state index in [1.807, 2.05) is 41.3 Å². The molecule has 3 heterocycles. The molecular weight excluding hydrogens is 542 g/mol. The summed E-state index contributed by atoms with van der Waals surface area (Å²) in [5, 5.41) is 3.05. The zero-order valence-corrected chi connectivity index (χ0v) is 25.3. The third kappa shape index (κ3) is 8.54. The number of aromatic nitrogens is 2. The Balaban J connectivity index is 1.25. The monoisotopic (exact) mass is 585 g/mol. The van der Waals surface area contributed by atoms with Gasteiger partial charge in [0.1, 0.15) is 11.5 Å². The molecule has 1 fully saturated rings. The molecule has 1 atom stereocenters. The molecular formula is C34H43N5O4. The lowest BCUT2D eigenvalue weighted by molar-refractivity contribution is -0.132. The number of rotatable bonds is 7. The summed E-state index contributed by atoms with van der Waals surface area (Å²) in [6, 6.07) is 15.8. The van der Waals surface area contributed by atoms with E-state index >= 15 is 0 Å². The summed E-state index contributed by atoms with van der Waals surface area (Å²) in [6.07, 6.45) is 9.05. The number of hydrogen-bond donors (Lipinski definition) is 1. The molecule has 1 N–H and O–H groups in total. The summed E-state index contributed by atoms with van der Waals surface area (Å²) in [7, 11) is 0. The van der Waals surface area contributed by atoms with Crippen molar-refractivity contribution in [3.8, 4) is 17.4 Å². The molecule has 9 heteroatoms. The molecule has 0 bridgehead atoms. The lowest BCUT2D eigenvalue weighted by Crippen LogP contribution is -2.40. The molecule has 5 rings (SSSR count). The molecule has 43 heavy (non-hydrogen) atoms. The van der Waals surface area contributed by atoms with Crippen LogP contribution in [0.5, 0.6) is 17.4 Å². The van der Waals surface area contributed by atoms with Gasteiger partial charge in [0.15, 0.2) is 0 Å². The van der Waals surface area contributed by atoms with E-state index in [0.717, 1.165) is 54.7 Å². The fraction of sp³-hybridized carbons (Fsp3) is 0.471. The van der Waals surface area contributed by atoms with Crippen molar-refractivity contribution < 1.29 is 19.1 Å². The summed E-state index contributed by atoms with van der Waals surface area (Å²) in [6.45, 7) is 7.22. The molecule has 0 radical (unpaired) electrons. The number of benzene rings is 2. The number of hydrogen-bond acceptors (Lipinski definition) is 7. The van der Waals surface area contributed by atoms with Crippen LogP contribution < -0.4 is 14.8 Å². The number of carbonyl (C=O) groups excluding carboxylic acids is 2. The lowest BCUT2D eigenvalue weighted by Gasteiger charge is -2.27. The Morgan fingerprint density at radius 2 is 1.93 bits per heavy atom. The van der Waals surface area contributed by atoms with Gasteiger partial charge in [0.2, 0.25) is 17.7 Å². The van der Waals surface area contributed by atoms with Gasteiger partial charge in [-0.2, -0.15) is 0 Å². The first-order valence-electron chi connectivity index (χ1n) is 15.6. The number of para-hydroxylation sites is 1. The van der Waals surface area contributed by atoms with Crippen molar-refractivity contribution in [3.63, 3.8) is 0 Å². The van der Waals surface area contributed by atoms with Crippen LogP contribution in [0.25, 0.3) is 0 Å². The van der Waals surface area contributed by atoms with E-state index in [2.05, 4.69) is 41.2 Å². The highest BCUT2D eigenvalue weighted by atomic mass is 16.5. The predicted octanol–water partition coefficient (Wildman–Crippen LogP) is 5.45. The number of nitrogens with one attached hydrogen (secondary N) is 1. The molecule has 2 aromatic carbocycles. The maximum Gasteiger partial charge on any atom is 0.238 e. The van der Waals surface area contributed by atoms with Crippen molar-refractivity contribution in [2.24, 2.45) is 0 Å². The number of likely N-dealkylation sites (tertiary alicyclic amines) is 1. The third-order valence-electron chi connectivity index (χ3n) is 8.11. The number of carbonyl (C=O) groups is 2. The fourth-order valence-corrected chi connectivity index (χ4v) is 5.70. The average Bonchev–Trinajstić information content (AvgIpc) is 3.51. The molecule has 1 aromatic heterocycles. The molecule has 2 aliphatic heterocycles. The summed E-state index contributed by atoms with van der Waals surface area (Å²) < 4.78 is 12.1. The van der Waals surface area contributed by atoms with Crippen LogP contribution in [0.4, 0.5) is 0 Å². The largest absolute Gasteiger partial charge is 0.493 e. The first kappa shape index (κ1) is 30.5. The van der Waals surface area contributed by atoms with Gasteiger partial charge in [-0.25, -0.2) is 4.98 Å². The Morgan fingerprint density at radius 3 is 2.77 bits per heavy atom. The van der Waals surface area contributed by atoms with Gasteiger partial charge in [0.25, 0.3) is 0 Å². The summed E-state index contributed by atoms with van der Waals surface area (Å²) in [5.41, 5.74) is 2.89. The Hall–Kier alpha value is -3.98. The number of fused-ring (bicyclic) bond motifs is 1. The van der Waals surface area contributed by atoms with Gasteiger partial charge in [0.05, 0.1) is 37.3 Å². The van der Waals surface area contributed by atoms with Crippen molar-refractivity contribution in [2.75, 3.05) is 26.2 Å². The Labute approximate surface area is 254 Å². The van der Waals surface area contributed by atoms with Crippen LogP contribution in [0, 0.1) is 0 Å². The average molecular weight is 586 g/mol. The fourth-order valence-electron chi connectivity index (χ4n) is 5.70. The van der Waals surface area contributed by atoms with E-state index in [9.17, 15) is 9.59 Å². The zero-order chi connectivity index (χ0) is 30.0. The van der Waals surface area contributed by atoms with Crippen LogP contribution in [0.2, 0.25) is 0 Å². The molecule has 1 unspecified atom stereocenters. The van der Waals surface area contributed by atoms with E-state index < -0.39 is 0 Å². The first-order valence-corrected chi connectivity index (χ1v) is 15.6. The van der Waals surface area contributed by atoms with Crippen molar-refractivity contribution in [1.29, 1.82) is 0 Å². The van der Waals surface area contributed by atoms with Gasteiger partial charge in [-0.15, -0.1) is 0 Å². The second-order valence-electron chi connectivity index (χ2n) is 11.6. The minimum Gasteiger partial charge on any atom is -0.493 e. The maximum absolute atomic E-state index is 13.5. The van der Waals surface area contributed by atoms with Crippen molar-refractivity contribution in [1.82, 2.24) is 25.1 Å². The maximum atomic E-state index is 13.5.